The lowest BCUT2D eigenvalue weighted by Gasteiger charge is -2.28. The van der Waals surface area contributed by atoms with Gasteiger partial charge in [-0.25, -0.2) is 0 Å². The normalized spacial score (nSPS) is 15.6. The zero-order valence-corrected chi connectivity index (χ0v) is 13.0. The number of carbonyl (C=O) groups is 1. The molecule has 0 bridgehead atoms. The van der Waals surface area contributed by atoms with Crippen LogP contribution in [-0.2, 0) is 9.53 Å². The highest BCUT2D eigenvalue weighted by Gasteiger charge is 2.29. The summed E-state index contributed by atoms with van der Waals surface area (Å²) in [6.07, 6.45) is 2.59. The Morgan fingerprint density at radius 3 is 2.15 bits per heavy atom. The fourth-order valence-electron chi connectivity index (χ4n) is 1.45. The van der Waals surface area contributed by atoms with Crippen molar-refractivity contribution in [3.63, 3.8) is 0 Å². The van der Waals surface area contributed by atoms with Gasteiger partial charge in [0.25, 0.3) is 0 Å². The van der Waals surface area contributed by atoms with Crippen molar-refractivity contribution < 1.29 is 19.7 Å². The van der Waals surface area contributed by atoms with Gasteiger partial charge in [-0.15, -0.1) is 0 Å². The molecule has 0 aromatic heterocycles. The molecule has 0 aliphatic rings. The number of esters is 1. The molecule has 120 valence electrons. The van der Waals surface area contributed by atoms with Gasteiger partial charge in [0.05, 0.1) is 17.6 Å². The highest BCUT2D eigenvalue weighted by molar-refractivity contribution is 5.70. The molecule has 4 nitrogen and oxygen atoms in total. The molecular formula is C16H32O4. The van der Waals surface area contributed by atoms with E-state index in [1.54, 1.807) is 27.7 Å². The van der Waals surface area contributed by atoms with Gasteiger partial charge >= 0.3 is 5.97 Å². The highest BCUT2D eigenvalue weighted by Crippen LogP contribution is 2.20. The fourth-order valence-corrected chi connectivity index (χ4v) is 1.45. The topological polar surface area (TPSA) is 66.8 Å². The van der Waals surface area contributed by atoms with Crippen LogP contribution in [0.4, 0.5) is 0 Å². The first-order chi connectivity index (χ1) is 8.44. The molecule has 0 spiro atoms. The molecule has 1 unspecified atom stereocenters. The maximum Gasteiger partial charge on any atom is 0.309 e. The number of hydrogen-bond acceptors (Lipinski definition) is 4. The summed E-state index contributed by atoms with van der Waals surface area (Å²) in [4.78, 5) is 11.7. The Bertz CT molecular complexity index is 320. The van der Waals surface area contributed by atoms with E-state index in [0.29, 0.717) is 6.42 Å². The van der Waals surface area contributed by atoms with Gasteiger partial charge in [-0.05, 0) is 54.4 Å². The molecule has 0 aromatic carbocycles. The predicted octanol–water partition coefficient (Wildman–Crippen LogP) is 3.21. The molecular weight excluding hydrogens is 256 g/mol. The average Bonchev–Trinajstić information content (AvgIpc) is 2.13. The quantitative estimate of drug-likeness (QED) is 0.557. The van der Waals surface area contributed by atoms with Crippen LogP contribution in [0.25, 0.3) is 0 Å². The SMILES string of the molecule is C.CC(C)=CCCC(C)(O)CC(=O)O[C@H](C)C(C)(C)O. The molecule has 0 radical (unpaired) electrons. The summed E-state index contributed by atoms with van der Waals surface area (Å²) in [5.41, 5.74) is -0.972. The highest BCUT2D eigenvalue weighted by atomic mass is 16.6. The molecule has 0 aromatic rings. The molecule has 2 N–H and O–H groups in total. The van der Waals surface area contributed by atoms with Gasteiger partial charge in [0.2, 0.25) is 0 Å². The lowest BCUT2D eigenvalue weighted by molar-refractivity contribution is -0.164. The molecule has 0 amide bonds. The fraction of sp³-hybridized carbons (Fsp3) is 0.812. The lowest BCUT2D eigenvalue weighted by atomic mass is 9.95. The van der Waals surface area contributed by atoms with Gasteiger partial charge < -0.3 is 14.9 Å². The Morgan fingerprint density at radius 2 is 1.75 bits per heavy atom. The maximum absolute atomic E-state index is 11.7. The van der Waals surface area contributed by atoms with Crippen LogP contribution >= 0.6 is 0 Å². The Labute approximate surface area is 123 Å². The van der Waals surface area contributed by atoms with E-state index < -0.39 is 23.3 Å². The van der Waals surface area contributed by atoms with E-state index in [4.69, 9.17) is 4.74 Å². The van der Waals surface area contributed by atoms with Crippen LogP contribution in [0.15, 0.2) is 11.6 Å². The van der Waals surface area contributed by atoms with Gasteiger partial charge in [-0.3, -0.25) is 4.79 Å². The van der Waals surface area contributed by atoms with Crippen molar-refractivity contribution in [1.29, 1.82) is 0 Å². The summed E-state index contributed by atoms with van der Waals surface area (Å²) in [5, 5.41) is 19.8. The first kappa shape index (κ1) is 21.4. The minimum absolute atomic E-state index is 0. The smallest absolute Gasteiger partial charge is 0.309 e. The van der Waals surface area contributed by atoms with Crippen LogP contribution in [0, 0.1) is 0 Å². The standard InChI is InChI=1S/C15H28O4.CH4/c1-11(2)8-7-9-15(6,18)10-13(16)19-12(3)14(4,5)17;/h8,12,17-18H,7,9-10H2,1-6H3;1H4/t12-,15?;/m1./s1. The Kier molecular flexibility index (Phi) is 9.03. The summed E-state index contributed by atoms with van der Waals surface area (Å²) in [5.74, 6) is -0.489. The summed E-state index contributed by atoms with van der Waals surface area (Å²) >= 11 is 0. The summed E-state index contributed by atoms with van der Waals surface area (Å²) < 4.78 is 5.11. The summed E-state index contributed by atoms with van der Waals surface area (Å²) in [6.45, 7) is 10.4. The Morgan fingerprint density at radius 1 is 1.25 bits per heavy atom. The number of ether oxygens (including phenoxy) is 1. The first-order valence-corrected chi connectivity index (χ1v) is 6.71. The molecule has 4 heteroatoms. The minimum Gasteiger partial charge on any atom is -0.460 e. The third kappa shape index (κ3) is 9.98. The monoisotopic (exact) mass is 288 g/mol. The van der Waals surface area contributed by atoms with Crippen LogP contribution in [0.2, 0.25) is 0 Å². The number of carbonyl (C=O) groups excluding carboxylic acids is 1. The second-order valence-corrected chi connectivity index (χ2v) is 6.28. The molecule has 0 rings (SSSR count). The Hall–Kier alpha value is -0.870. The van der Waals surface area contributed by atoms with E-state index in [2.05, 4.69) is 0 Å². The van der Waals surface area contributed by atoms with Crippen molar-refractivity contribution >= 4 is 5.97 Å². The molecule has 0 aliphatic heterocycles. The van der Waals surface area contributed by atoms with Crippen LogP contribution in [0.3, 0.4) is 0 Å². The van der Waals surface area contributed by atoms with Crippen LogP contribution < -0.4 is 0 Å². The van der Waals surface area contributed by atoms with E-state index in [9.17, 15) is 15.0 Å². The van der Waals surface area contributed by atoms with Crippen molar-refractivity contribution in [2.45, 2.75) is 85.5 Å². The van der Waals surface area contributed by atoms with Gasteiger partial charge in [0.1, 0.15) is 6.10 Å². The number of hydrogen-bond donors (Lipinski definition) is 2. The van der Waals surface area contributed by atoms with Crippen molar-refractivity contribution in [3.05, 3.63) is 11.6 Å². The third-order valence-corrected chi connectivity index (χ3v) is 3.06. The van der Waals surface area contributed by atoms with Gasteiger partial charge in [-0.2, -0.15) is 0 Å². The Balaban J connectivity index is 0. The molecule has 20 heavy (non-hydrogen) atoms. The van der Waals surface area contributed by atoms with E-state index in [-0.39, 0.29) is 13.8 Å². The molecule has 0 heterocycles. The second kappa shape index (κ2) is 8.42. The van der Waals surface area contributed by atoms with E-state index in [0.717, 1.165) is 6.42 Å². The van der Waals surface area contributed by atoms with Crippen LogP contribution in [0.5, 0.6) is 0 Å². The summed E-state index contributed by atoms with van der Waals surface area (Å²) in [7, 11) is 0. The lowest BCUT2D eigenvalue weighted by Crippen LogP contribution is -2.39. The molecule has 0 saturated carbocycles. The zero-order valence-electron chi connectivity index (χ0n) is 13.0. The third-order valence-electron chi connectivity index (χ3n) is 3.06. The van der Waals surface area contributed by atoms with Crippen molar-refractivity contribution in [2.24, 2.45) is 0 Å². The van der Waals surface area contributed by atoms with Gasteiger partial charge in [-0.1, -0.05) is 19.1 Å². The predicted molar refractivity (Wildman–Crippen MR) is 82.5 cm³/mol. The van der Waals surface area contributed by atoms with Gasteiger partial charge in [0.15, 0.2) is 0 Å². The van der Waals surface area contributed by atoms with Crippen LogP contribution in [0.1, 0.15) is 68.2 Å². The number of aliphatic hydroxyl groups is 2. The largest absolute Gasteiger partial charge is 0.460 e. The second-order valence-electron chi connectivity index (χ2n) is 6.28. The summed E-state index contributed by atoms with van der Waals surface area (Å²) in [6, 6.07) is 0. The van der Waals surface area contributed by atoms with E-state index >= 15 is 0 Å². The van der Waals surface area contributed by atoms with Crippen LogP contribution in [-0.4, -0.2) is 33.5 Å². The number of allylic oxidation sites excluding steroid dienone is 2. The average molecular weight is 288 g/mol. The minimum atomic E-state index is -1.08. The molecule has 0 aliphatic carbocycles. The van der Waals surface area contributed by atoms with Gasteiger partial charge in [0, 0.05) is 0 Å². The zero-order chi connectivity index (χ0) is 15.3. The van der Waals surface area contributed by atoms with Crippen molar-refractivity contribution in [2.75, 3.05) is 0 Å². The van der Waals surface area contributed by atoms with Crippen molar-refractivity contribution in [3.8, 4) is 0 Å². The maximum atomic E-state index is 11.7. The number of rotatable bonds is 7. The van der Waals surface area contributed by atoms with E-state index in [1.807, 2.05) is 19.9 Å². The van der Waals surface area contributed by atoms with E-state index in [1.165, 1.54) is 5.57 Å². The van der Waals surface area contributed by atoms with Crippen molar-refractivity contribution in [1.82, 2.24) is 0 Å². The molecule has 0 saturated heterocycles. The molecule has 0 fully saturated rings. The molecule has 2 atom stereocenters. The first-order valence-electron chi connectivity index (χ1n) is 6.71.